The first kappa shape index (κ1) is 18.5. The van der Waals surface area contributed by atoms with Crippen LogP contribution in [0.5, 0.6) is 0 Å². The summed E-state index contributed by atoms with van der Waals surface area (Å²) in [5, 5.41) is 0. The van der Waals surface area contributed by atoms with E-state index in [0.717, 1.165) is 29.7 Å². The Morgan fingerprint density at radius 2 is 2.07 bits per heavy atom. The van der Waals surface area contributed by atoms with Crippen molar-refractivity contribution in [2.45, 2.75) is 38.2 Å². The maximum atomic E-state index is 12.7. The number of rotatable bonds is 5. The Hall–Kier alpha value is -1.83. The largest absolute Gasteiger partial charge is 0.376 e. The molecule has 7 heteroatoms. The van der Waals surface area contributed by atoms with E-state index in [1.165, 1.54) is 0 Å². The Morgan fingerprint density at radius 3 is 2.85 bits per heavy atom. The second-order valence-corrected chi connectivity index (χ2v) is 9.55. The Balaban J connectivity index is 1.67. The van der Waals surface area contributed by atoms with Crippen LogP contribution in [0.1, 0.15) is 37.4 Å². The molecule has 1 atom stereocenters. The lowest BCUT2D eigenvalue weighted by molar-refractivity contribution is 0.0532. The second kappa shape index (κ2) is 7.30. The molecule has 2 aromatic rings. The SMILES string of the molecule is CCCCS(=O)(=O)N1CC[C@@]2(COCc3cnc(-c4ccccc4)nc32)C1. The van der Waals surface area contributed by atoms with Gasteiger partial charge < -0.3 is 4.74 Å². The molecule has 1 spiro atoms. The molecular formula is C20H25N3O3S. The van der Waals surface area contributed by atoms with Crippen molar-refractivity contribution in [3.05, 3.63) is 47.8 Å². The van der Waals surface area contributed by atoms with E-state index in [1.807, 2.05) is 43.5 Å². The van der Waals surface area contributed by atoms with Crippen LogP contribution in [0.2, 0.25) is 0 Å². The van der Waals surface area contributed by atoms with Gasteiger partial charge in [-0.2, -0.15) is 0 Å². The summed E-state index contributed by atoms with van der Waals surface area (Å²) in [5.74, 6) is 0.898. The van der Waals surface area contributed by atoms with Crippen LogP contribution in [-0.4, -0.2) is 48.1 Å². The molecule has 1 aromatic heterocycles. The van der Waals surface area contributed by atoms with Crippen molar-refractivity contribution in [3.8, 4) is 11.4 Å². The second-order valence-electron chi connectivity index (χ2n) is 7.46. The fourth-order valence-corrected chi connectivity index (χ4v) is 5.69. The zero-order valence-corrected chi connectivity index (χ0v) is 16.4. The van der Waals surface area contributed by atoms with Gasteiger partial charge in [-0.25, -0.2) is 22.7 Å². The van der Waals surface area contributed by atoms with Crippen LogP contribution < -0.4 is 0 Å². The average Bonchev–Trinajstić information content (AvgIpc) is 3.13. The van der Waals surface area contributed by atoms with E-state index in [9.17, 15) is 8.42 Å². The molecule has 27 heavy (non-hydrogen) atoms. The number of sulfonamides is 1. The summed E-state index contributed by atoms with van der Waals surface area (Å²) in [7, 11) is -3.23. The Labute approximate surface area is 160 Å². The fraction of sp³-hybridized carbons (Fsp3) is 0.500. The highest BCUT2D eigenvalue weighted by Crippen LogP contribution is 2.40. The molecule has 1 saturated heterocycles. The third kappa shape index (κ3) is 3.51. The first-order valence-corrected chi connectivity index (χ1v) is 11.1. The van der Waals surface area contributed by atoms with Crippen LogP contribution >= 0.6 is 0 Å². The number of hydrogen-bond donors (Lipinski definition) is 0. The summed E-state index contributed by atoms with van der Waals surface area (Å²) in [4.78, 5) is 9.39. The van der Waals surface area contributed by atoms with Gasteiger partial charge in [0.15, 0.2) is 5.82 Å². The van der Waals surface area contributed by atoms with Crippen molar-refractivity contribution >= 4 is 10.0 Å². The highest BCUT2D eigenvalue weighted by Gasteiger charge is 2.47. The van der Waals surface area contributed by atoms with E-state index in [2.05, 4.69) is 4.98 Å². The van der Waals surface area contributed by atoms with Gasteiger partial charge >= 0.3 is 0 Å². The lowest BCUT2D eigenvalue weighted by Gasteiger charge is -2.34. The highest BCUT2D eigenvalue weighted by molar-refractivity contribution is 7.89. The number of nitrogens with zero attached hydrogens (tertiary/aromatic N) is 3. The van der Waals surface area contributed by atoms with Crippen LogP contribution in [0.25, 0.3) is 11.4 Å². The third-order valence-corrected chi connectivity index (χ3v) is 7.41. The van der Waals surface area contributed by atoms with Crippen molar-refractivity contribution in [2.24, 2.45) is 0 Å². The molecule has 1 aromatic carbocycles. The minimum absolute atomic E-state index is 0.215. The lowest BCUT2D eigenvalue weighted by atomic mass is 9.80. The summed E-state index contributed by atoms with van der Waals surface area (Å²) < 4.78 is 32.8. The first-order valence-electron chi connectivity index (χ1n) is 9.51. The maximum Gasteiger partial charge on any atom is 0.214 e. The summed E-state index contributed by atoms with van der Waals surface area (Å²) in [6, 6.07) is 9.88. The van der Waals surface area contributed by atoms with Crippen molar-refractivity contribution in [1.82, 2.24) is 14.3 Å². The Bertz CT molecular complexity index is 917. The molecule has 0 radical (unpaired) electrons. The molecule has 2 aliphatic heterocycles. The van der Waals surface area contributed by atoms with Gasteiger partial charge in [-0.3, -0.25) is 0 Å². The molecule has 4 rings (SSSR count). The van der Waals surface area contributed by atoms with Crippen molar-refractivity contribution < 1.29 is 13.2 Å². The number of benzene rings is 1. The van der Waals surface area contributed by atoms with E-state index in [1.54, 1.807) is 4.31 Å². The van der Waals surface area contributed by atoms with E-state index in [4.69, 9.17) is 9.72 Å². The van der Waals surface area contributed by atoms with Gasteiger partial charge in [-0.15, -0.1) is 0 Å². The standard InChI is InChI=1S/C20H25N3O3S/c1-2-3-11-27(24,25)23-10-9-20(14-23)15-26-13-17-12-21-19(22-18(17)20)16-7-5-4-6-8-16/h4-8,12H,2-3,9-11,13-15H2,1H3/t20-/m0/s1. The smallest absolute Gasteiger partial charge is 0.214 e. The van der Waals surface area contributed by atoms with Crippen molar-refractivity contribution in [2.75, 3.05) is 25.4 Å². The number of hydrogen-bond acceptors (Lipinski definition) is 5. The van der Waals surface area contributed by atoms with E-state index < -0.39 is 10.0 Å². The topological polar surface area (TPSA) is 72.4 Å². The van der Waals surface area contributed by atoms with E-state index >= 15 is 0 Å². The Kier molecular flexibility index (Phi) is 5.01. The zero-order valence-electron chi connectivity index (χ0n) is 15.6. The highest BCUT2D eigenvalue weighted by atomic mass is 32.2. The minimum atomic E-state index is -3.23. The van der Waals surface area contributed by atoms with Gasteiger partial charge in [0.2, 0.25) is 10.0 Å². The molecule has 0 bridgehead atoms. The number of aromatic nitrogens is 2. The molecule has 0 aliphatic carbocycles. The van der Waals surface area contributed by atoms with Crippen molar-refractivity contribution in [3.63, 3.8) is 0 Å². The lowest BCUT2D eigenvalue weighted by Crippen LogP contribution is -2.42. The molecule has 2 aliphatic rings. The molecule has 0 N–H and O–H groups in total. The minimum Gasteiger partial charge on any atom is -0.376 e. The molecule has 0 saturated carbocycles. The number of ether oxygens (including phenoxy) is 1. The van der Waals surface area contributed by atoms with Gasteiger partial charge in [-0.1, -0.05) is 43.7 Å². The first-order chi connectivity index (χ1) is 13.0. The fourth-order valence-electron chi connectivity index (χ4n) is 3.96. The predicted molar refractivity (Wildman–Crippen MR) is 104 cm³/mol. The van der Waals surface area contributed by atoms with Gasteiger partial charge in [0.05, 0.1) is 30.1 Å². The summed E-state index contributed by atoms with van der Waals surface area (Å²) >= 11 is 0. The zero-order chi connectivity index (χ0) is 18.9. The van der Waals surface area contributed by atoms with Gasteiger partial charge in [0.1, 0.15) is 0 Å². The van der Waals surface area contributed by atoms with Crippen LogP contribution in [0.15, 0.2) is 36.5 Å². The third-order valence-electron chi connectivity index (χ3n) is 5.50. The maximum absolute atomic E-state index is 12.7. The van der Waals surface area contributed by atoms with E-state index in [0.29, 0.717) is 38.5 Å². The van der Waals surface area contributed by atoms with Gasteiger partial charge in [0.25, 0.3) is 0 Å². The molecule has 1 fully saturated rings. The normalized spacial score (nSPS) is 22.9. The summed E-state index contributed by atoms with van der Waals surface area (Å²) in [5.41, 5.74) is 2.51. The molecule has 0 unspecified atom stereocenters. The predicted octanol–water partition coefficient (Wildman–Crippen LogP) is 2.75. The molecule has 144 valence electrons. The average molecular weight is 388 g/mol. The van der Waals surface area contributed by atoms with Crippen molar-refractivity contribution in [1.29, 1.82) is 0 Å². The number of unbranched alkanes of at least 4 members (excludes halogenated alkanes) is 1. The molecule has 3 heterocycles. The summed E-state index contributed by atoms with van der Waals surface area (Å²) in [6.07, 6.45) is 4.13. The summed E-state index contributed by atoms with van der Waals surface area (Å²) in [6.45, 7) is 3.96. The quantitative estimate of drug-likeness (QED) is 0.789. The Morgan fingerprint density at radius 1 is 1.26 bits per heavy atom. The van der Waals surface area contributed by atoms with Crippen LogP contribution in [0.3, 0.4) is 0 Å². The van der Waals surface area contributed by atoms with Gasteiger partial charge in [-0.05, 0) is 12.8 Å². The monoisotopic (exact) mass is 387 g/mol. The van der Waals surface area contributed by atoms with Gasteiger partial charge in [0, 0.05) is 30.4 Å². The molecule has 6 nitrogen and oxygen atoms in total. The number of fused-ring (bicyclic) bond motifs is 2. The van der Waals surface area contributed by atoms with Crippen LogP contribution in [0, 0.1) is 0 Å². The van der Waals surface area contributed by atoms with Crippen LogP contribution in [-0.2, 0) is 26.8 Å². The van der Waals surface area contributed by atoms with E-state index in [-0.39, 0.29) is 11.2 Å². The van der Waals surface area contributed by atoms with Crippen LogP contribution in [0.4, 0.5) is 0 Å². The molecular weight excluding hydrogens is 362 g/mol. The molecule has 0 amide bonds.